The van der Waals surface area contributed by atoms with Gasteiger partial charge < -0.3 is 16.4 Å². The highest BCUT2D eigenvalue weighted by molar-refractivity contribution is 7.89. The lowest BCUT2D eigenvalue weighted by Crippen LogP contribution is -2.53. The van der Waals surface area contributed by atoms with E-state index in [1.165, 1.54) is 0 Å². The molecule has 180 valence electrons. The highest BCUT2D eigenvalue weighted by atomic mass is 32.2. The number of carbonyl (C=O) groups is 2. The van der Waals surface area contributed by atoms with Crippen molar-refractivity contribution < 1.29 is 18.0 Å². The summed E-state index contributed by atoms with van der Waals surface area (Å²) in [5, 5.41) is 0. The number of fused-ring (bicyclic) bond motifs is 3. The zero-order valence-corrected chi connectivity index (χ0v) is 20.2. The van der Waals surface area contributed by atoms with Gasteiger partial charge in [0.15, 0.2) is 0 Å². The molecule has 2 fully saturated rings. The molecule has 9 heteroatoms. The van der Waals surface area contributed by atoms with Crippen LogP contribution in [0, 0.1) is 0 Å². The lowest BCUT2D eigenvalue weighted by Gasteiger charge is -2.41. The van der Waals surface area contributed by atoms with Crippen molar-refractivity contribution >= 4 is 27.5 Å². The van der Waals surface area contributed by atoms with Gasteiger partial charge >= 0.3 is 0 Å². The van der Waals surface area contributed by atoms with Crippen LogP contribution in [0.3, 0.4) is 0 Å². The molecule has 2 amide bonds. The maximum atomic E-state index is 13.6. The van der Waals surface area contributed by atoms with Gasteiger partial charge in [-0.15, -0.1) is 0 Å². The van der Waals surface area contributed by atoms with Crippen LogP contribution in [0.25, 0.3) is 0 Å². The number of benzene rings is 2. The predicted octanol–water partition coefficient (Wildman–Crippen LogP) is 2.25. The summed E-state index contributed by atoms with van der Waals surface area (Å²) in [5.74, 6) is -0.536. The summed E-state index contributed by atoms with van der Waals surface area (Å²) in [6, 6.07) is 11.6. The zero-order chi connectivity index (χ0) is 24.4. The minimum absolute atomic E-state index is 0.0164. The van der Waals surface area contributed by atoms with Crippen molar-refractivity contribution in [1.82, 2.24) is 4.31 Å². The second kappa shape index (κ2) is 7.90. The third-order valence-electron chi connectivity index (χ3n) is 7.41. The van der Waals surface area contributed by atoms with Crippen molar-refractivity contribution in [1.29, 1.82) is 0 Å². The molecule has 4 N–H and O–H groups in total. The summed E-state index contributed by atoms with van der Waals surface area (Å²) in [5.41, 5.74) is 13.8. The number of amides is 2. The van der Waals surface area contributed by atoms with Crippen LogP contribution in [-0.4, -0.2) is 42.7 Å². The van der Waals surface area contributed by atoms with Crippen molar-refractivity contribution in [2.75, 3.05) is 4.90 Å². The first-order valence-corrected chi connectivity index (χ1v) is 13.1. The molecule has 0 aliphatic carbocycles. The van der Waals surface area contributed by atoms with Crippen LogP contribution in [-0.2, 0) is 26.8 Å². The minimum atomic E-state index is -3.66. The van der Waals surface area contributed by atoms with E-state index in [9.17, 15) is 18.0 Å². The van der Waals surface area contributed by atoms with Gasteiger partial charge in [-0.05, 0) is 81.0 Å². The second-order valence-electron chi connectivity index (χ2n) is 10.2. The summed E-state index contributed by atoms with van der Waals surface area (Å²) in [7, 11) is -3.66. The third-order valence-corrected chi connectivity index (χ3v) is 9.43. The second-order valence-corrected chi connectivity index (χ2v) is 12.1. The topological polar surface area (TPSA) is 127 Å². The number of piperidine rings is 1. The molecular formula is C25H30N4O4S. The number of nitrogens with zero attached hydrogens (tertiary/aromatic N) is 2. The monoisotopic (exact) mass is 482 g/mol. The lowest BCUT2D eigenvalue weighted by molar-refractivity contribution is -0.118. The molecular weight excluding hydrogens is 452 g/mol. The smallest absolute Gasteiger partial charge is 0.248 e. The molecule has 2 saturated heterocycles. The summed E-state index contributed by atoms with van der Waals surface area (Å²) in [4.78, 5) is 26.5. The first-order chi connectivity index (χ1) is 16.0. The number of sulfonamides is 1. The van der Waals surface area contributed by atoms with Crippen LogP contribution in [0.4, 0.5) is 5.69 Å². The molecule has 3 aliphatic heterocycles. The molecule has 0 aromatic heterocycles. The average Bonchev–Trinajstić information content (AvgIpc) is 3.25. The van der Waals surface area contributed by atoms with Crippen LogP contribution in [0.1, 0.15) is 61.0 Å². The standard InChI is InChI=1S/C25H30N4O4S/c1-25(2,27)17-4-8-21(9-5-17)34(32,33)29-18-6-7-19(29)14-20(13-18)28-22-10-3-15(24(26)31)11-16(22)12-23(28)30/h3-5,8-11,18-20H,6-7,12-14,27H2,1-2H3,(H2,26,31). The van der Waals surface area contributed by atoms with Crippen LogP contribution < -0.4 is 16.4 Å². The Balaban J connectivity index is 1.39. The number of nitrogens with two attached hydrogens (primary N) is 2. The SMILES string of the molecule is CC(C)(N)c1ccc(S(=O)(=O)N2C3CCC2CC(N2C(=O)Cc4cc(C(N)=O)ccc42)C3)cc1. The number of hydrogen-bond donors (Lipinski definition) is 2. The molecule has 3 heterocycles. The van der Waals surface area contributed by atoms with E-state index in [4.69, 9.17) is 11.5 Å². The molecule has 2 aromatic carbocycles. The molecule has 2 bridgehead atoms. The summed E-state index contributed by atoms with van der Waals surface area (Å²) < 4.78 is 28.8. The average molecular weight is 483 g/mol. The van der Waals surface area contributed by atoms with E-state index >= 15 is 0 Å². The van der Waals surface area contributed by atoms with Crippen molar-refractivity contribution in [2.45, 2.75) is 74.5 Å². The van der Waals surface area contributed by atoms with Gasteiger partial charge in [-0.1, -0.05) is 12.1 Å². The fraction of sp³-hybridized carbons (Fsp3) is 0.440. The van der Waals surface area contributed by atoms with Gasteiger partial charge in [0.05, 0.1) is 11.3 Å². The van der Waals surface area contributed by atoms with Crippen LogP contribution in [0.15, 0.2) is 47.4 Å². The Morgan fingerprint density at radius 2 is 1.62 bits per heavy atom. The molecule has 34 heavy (non-hydrogen) atoms. The van der Waals surface area contributed by atoms with E-state index in [1.54, 1.807) is 46.8 Å². The maximum Gasteiger partial charge on any atom is 0.248 e. The van der Waals surface area contributed by atoms with E-state index in [0.717, 1.165) is 29.7 Å². The zero-order valence-electron chi connectivity index (χ0n) is 19.4. The van der Waals surface area contributed by atoms with Gasteiger partial charge in [-0.2, -0.15) is 4.31 Å². The van der Waals surface area contributed by atoms with Crippen LogP contribution in [0.5, 0.6) is 0 Å². The molecule has 5 rings (SSSR count). The highest BCUT2D eigenvalue weighted by Crippen LogP contribution is 2.44. The van der Waals surface area contributed by atoms with Crippen molar-refractivity contribution in [3.63, 3.8) is 0 Å². The van der Waals surface area contributed by atoms with E-state index < -0.39 is 21.5 Å². The predicted molar refractivity (Wildman–Crippen MR) is 129 cm³/mol. The Labute approximate surface area is 199 Å². The Morgan fingerprint density at radius 3 is 2.18 bits per heavy atom. The Morgan fingerprint density at radius 1 is 1.00 bits per heavy atom. The summed E-state index contributed by atoms with van der Waals surface area (Å²) >= 11 is 0. The van der Waals surface area contributed by atoms with Gasteiger partial charge in [0, 0.05) is 34.9 Å². The molecule has 0 radical (unpaired) electrons. The third kappa shape index (κ3) is 3.72. The maximum absolute atomic E-state index is 13.6. The minimum Gasteiger partial charge on any atom is -0.366 e. The first-order valence-electron chi connectivity index (χ1n) is 11.6. The Kier molecular flexibility index (Phi) is 5.34. The van der Waals surface area contributed by atoms with Gasteiger partial charge in [-0.3, -0.25) is 9.59 Å². The fourth-order valence-corrected chi connectivity index (χ4v) is 7.68. The normalized spacial score (nSPS) is 25.0. The number of anilines is 1. The first kappa shape index (κ1) is 23.0. The summed E-state index contributed by atoms with van der Waals surface area (Å²) in [6.45, 7) is 3.77. The van der Waals surface area contributed by atoms with Gasteiger partial charge in [-0.25, -0.2) is 8.42 Å². The van der Waals surface area contributed by atoms with Gasteiger partial charge in [0.1, 0.15) is 0 Å². The molecule has 0 saturated carbocycles. The quantitative estimate of drug-likeness (QED) is 0.676. The largest absolute Gasteiger partial charge is 0.366 e. The Bertz CT molecular complexity index is 1250. The van der Waals surface area contributed by atoms with E-state index in [2.05, 4.69) is 0 Å². The molecule has 0 spiro atoms. The number of rotatable bonds is 5. The molecule has 3 aliphatic rings. The van der Waals surface area contributed by atoms with Crippen molar-refractivity contribution in [3.8, 4) is 0 Å². The number of primary amides is 1. The molecule has 8 nitrogen and oxygen atoms in total. The lowest BCUT2D eigenvalue weighted by atomic mass is 9.96. The molecule has 2 atom stereocenters. The Hall–Kier alpha value is -2.75. The fourth-order valence-electron chi connectivity index (χ4n) is 5.78. The molecule has 2 unspecified atom stereocenters. The molecule has 2 aromatic rings. The van der Waals surface area contributed by atoms with Crippen molar-refractivity contribution in [2.24, 2.45) is 11.5 Å². The van der Waals surface area contributed by atoms with E-state index in [-0.39, 0.29) is 35.3 Å². The van der Waals surface area contributed by atoms with Crippen LogP contribution in [0.2, 0.25) is 0 Å². The van der Waals surface area contributed by atoms with Crippen molar-refractivity contribution in [3.05, 3.63) is 59.2 Å². The van der Waals surface area contributed by atoms with Crippen LogP contribution >= 0.6 is 0 Å². The number of hydrogen-bond acceptors (Lipinski definition) is 5. The van der Waals surface area contributed by atoms with Gasteiger partial charge in [0.2, 0.25) is 21.8 Å². The number of carbonyl (C=O) groups excluding carboxylic acids is 2. The van der Waals surface area contributed by atoms with E-state index in [0.29, 0.717) is 18.4 Å². The summed E-state index contributed by atoms with van der Waals surface area (Å²) in [6.07, 6.45) is 2.97. The van der Waals surface area contributed by atoms with E-state index in [1.807, 2.05) is 18.7 Å². The van der Waals surface area contributed by atoms with Gasteiger partial charge in [0.25, 0.3) is 0 Å². The highest BCUT2D eigenvalue weighted by Gasteiger charge is 2.50.